The number of hydrogen-bond acceptors (Lipinski definition) is 5. The first-order chi connectivity index (χ1) is 16.9. The highest BCUT2D eigenvalue weighted by molar-refractivity contribution is 6.29. The topological polar surface area (TPSA) is 128 Å². The zero-order valence-electron chi connectivity index (χ0n) is 20.6. The lowest BCUT2D eigenvalue weighted by Gasteiger charge is -2.36. The van der Waals surface area contributed by atoms with Crippen molar-refractivity contribution in [1.82, 2.24) is 26.0 Å². The van der Waals surface area contributed by atoms with Gasteiger partial charge in [0, 0.05) is 13.1 Å². The number of hydrazine groups is 1. The molecule has 1 aliphatic carbocycles. The maximum Gasteiger partial charge on any atom is 0.471 e. The number of nitrogens with one attached hydrogen (secondary N) is 3. The first-order valence-corrected chi connectivity index (χ1v) is 12.2. The molecular formula is C22H30ClF4N5O5. The van der Waals surface area contributed by atoms with E-state index in [2.05, 4.69) is 10.7 Å². The number of carbonyl (C=O) groups excluding carboxylic acids is 5. The number of rotatable bonds is 6. The van der Waals surface area contributed by atoms with Crippen LogP contribution < -0.4 is 16.1 Å². The molecule has 2 unspecified atom stereocenters. The van der Waals surface area contributed by atoms with E-state index in [1.165, 1.54) is 20.8 Å². The molecule has 2 saturated heterocycles. The summed E-state index contributed by atoms with van der Waals surface area (Å²) in [5.74, 6) is -6.47. The van der Waals surface area contributed by atoms with E-state index in [-0.39, 0.29) is 25.4 Å². The predicted octanol–water partition coefficient (Wildman–Crippen LogP) is 0.991. The van der Waals surface area contributed by atoms with Crippen LogP contribution in [0, 0.1) is 16.7 Å². The van der Waals surface area contributed by atoms with Crippen molar-refractivity contribution < 1.29 is 41.5 Å². The van der Waals surface area contributed by atoms with Crippen LogP contribution in [0.3, 0.4) is 0 Å². The molecule has 37 heavy (non-hydrogen) atoms. The molecule has 0 aromatic heterocycles. The SMILES string of the molecule is CC(C)(C)C(NC(=O)C(F)(F)F)C(=O)N1CC2(CC2)C[C@H]1C(=O)NN(C[C@@H]1CCNC1=O)C(=O)C(F)Cl. The average Bonchev–Trinajstić information content (AvgIpc) is 3.23. The summed E-state index contributed by atoms with van der Waals surface area (Å²) in [6.45, 7) is 4.46. The number of alkyl halides is 5. The van der Waals surface area contributed by atoms with Crippen molar-refractivity contribution in [3.63, 3.8) is 0 Å². The van der Waals surface area contributed by atoms with Gasteiger partial charge in [0.2, 0.25) is 11.8 Å². The molecule has 0 radical (unpaired) electrons. The molecule has 0 aromatic carbocycles. The van der Waals surface area contributed by atoms with E-state index < -0.39 is 64.3 Å². The number of halogens is 5. The Labute approximate surface area is 215 Å². The third-order valence-electron chi connectivity index (χ3n) is 6.96. The Bertz CT molecular complexity index is 966. The van der Waals surface area contributed by atoms with E-state index in [9.17, 15) is 41.5 Å². The van der Waals surface area contributed by atoms with Gasteiger partial charge in [-0.2, -0.15) is 13.2 Å². The Morgan fingerprint density at radius 3 is 2.30 bits per heavy atom. The maximum atomic E-state index is 13.7. The summed E-state index contributed by atoms with van der Waals surface area (Å²) in [5.41, 5.74) is -1.81. The highest BCUT2D eigenvalue weighted by Gasteiger charge is 2.57. The van der Waals surface area contributed by atoms with Crippen molar-refractivity contribution in [3.05, 3.63) is 0 Å². The average molecular weight is 556 g/mol. The van der Waals surface area contributed by atoms with Crippen LogP contribution in [-0.2, 0) is 24.0 Å². The fraction of sp³-hybridized carbons (Fsp3) is 0.773. The fourth-order valence-corrected chi connectivity index (χ4v) is 4.76. The van der Waals surface area contributed by atoms with Gasteiger partial charge in [-0.15, -0.1) is 0 Å². The molecule has 4 atom stereocenters. The maximum absolute atomic E-state index is 13.7. The van der Waals surface area contributed by atoms with Gasteiger partial charge in [-0.05, 0) is 36.5 Å². The monoisotopic (exact) mass is 555 g/mol. The predicted molar refractivity (Wildman–Crippen MR) is 121 cm³/mol. The Hall–Kier alpha value is -2.64. The third kappa shape index (κ3) is 6.63. The molecule has 2 heterocycles. The first-order valence-electron chi connectivity index (χ1n) is 11.8. The Balaban J connectivity index is 1.83. The van der Waals surface area contributed by atoms with Crippen LogP contribution in [0.15, 0.2) is 0 Å². The molecule has 0 aromatic rings. The van der Waals surface area contributed by atoms with Gasteiger partial charge in [0.25, 0.3) is 17.4 Å². The van der Waals surface area contributed by atoms with E-state index in [1.807, 2.05) is 0 Å². The van der Waals surface area contributed by atoms with E-state index >= 15 is 0 Å². The molecular weight excluding hydrogens is 526 g/mol. The Morgan fingerprint density at radius 1 is 1.22 bits per heavy atom. The molecule has 3 N–H and O–H groups in total. The van der Waals surface area contributed by atoms with Gasteiger partial charge in [0.1, 0.15) is 12.1 Å². The summed E-state index contributed by atoms with van der Waals surface area (Å²) in [5, 5.41) is 4.91. The minimum atomic E-state index is -5.22. The van der Waals surface area contributed by atoms with Crippen LogP contribution in [-0.4, -0.2) is 83.0 Å². The summed E-state index contributed by atoms with van der Waals surface area (Å²) in [4.78, 5) is 63.8. The van der Waals surface area contributed by atoms with Gasteiger partial charge in [0.15, 0.2) is 0 Å². The van der Waals surface area contributed by atoms with Gasteiger partial charge in [-0.3, -0.25) is 29.4 Å². The van der Waals surface area contributed by atoms with Crippen molar-refractivity contribution >= 4 is 41.1 Å². The van der Waals surface area contributed by atoms with Crippen molar-refractivity contribution in [1.29, 1.82) is 0 Å². The van der Waals surface area contributed by atoms with Gasteiger partial charge in [-0.25, -0.2) is 9.40 Å². The normalized spacial score (nSPS) is 24.3. The van der Waals surface area contributed by atoms with Crippen molar-refractivity contribution in [2.24, 2.45) is 16.7 Å². The van der Waals surface area contributed by atoms with E-state index in [1.54, 1.807) is 5.32 Å². The minimum absolute atomic E-state index is 0.0681. The summed E-state index contributed by atoms with van der Waals surface area (Å²) in [6, 6.07) is -2.81. The van der Waals surface area contributed by atoms with Crippen LogP contribution in [0.2, 0.25) is 0 Å². The zero-order valence-corrected chi connectivity index (χ0v) is 21.3. The molecule has 5 amide bonds. The smallest absolute Gasteiger partial charge is 0.356 e. The number of hydrogen-bond donors (Lipinski definition) is 3. The lowest BCUT2D eigenvalue weighted by atomic mass is 9.85. The van der Waals surface area contributed by atoms with Crippen molar-refractivity contribution in [3.8, 4) is 0 Å². The molecule has 1 saturated carbocycles. The quantitative estimate of drug-likeness (QED) is 0.256. The molecule has 1 spiro atoms. The number of amides is 5. The van der Waals surface area contributed by atoms with Crippen molar-refractivity contribution in [2.45, 2.75) is 70.3 Å². The number of likely N-dealkylation sites (tertiary alicyclic amines) is 1. The fourth-order valence-electron chi connectivity index (χ4n) is 4.64. The van der Waals surface area contributed by atoms with Crippen LogP contribution in [0.25, 0.3) is 0 Å². The molecule has 10 nitrogen and oxygen atoms in total. The van der Waals surface area contributed by atoms with Gasteiger partial charge in [0.05, 0.1) is 12.5 Å². The largest absolute Gasteiger partial charge is 0.471 e. The second kappa shape index (κ2) is 10.3. The zero-order chi connectivity index (χ0) is 27.9. The molecule has 3 rings (SSSR count). The van der Waals surface area contributed by atoms with Gasteiger partial charge in [-0.1, -0.05) is 32.4 Å². The third-order valence-corrected chi connectivity index (χ3v) is 7.15. The highest BCUT2D eigenvalue weighted by Crippen LogP contribution is 2.55. The van der Waals surface area contributed by atoms with Crippen LogP contribution in [0.4, 0.5) is 17.6 Å². The van der Waals surface area contributed by atoms with Crippen LogP contribution in [0.5, 0.6) is 0 Å². The van der Waals surface area contributed by atoms with Crippen molar-refractivity contribution in [2.75, 3.05) is 19.6 Å². The molecule has 3 fully saturated rings. The summed E-state index contributed by atoms with van der Waals surface area (Å²) in [7, 11) is 0. The minimum Gasteiger partial charge on any atom is -0.356 e. The second-order valence-corrected chi connectivity index (χ2v) is 11.3. The van der Waals surface area contributed by atoms with Gasteiger partial charge < -0.3 is 15.5 Å². The van der Waals surface area contributed by atoms with E-state index in [0.717, 1.165) is 4.90 Å². The summed E-state index contributed by atoms with van der Waals surface area (Å²) < 4.78 is 52.5. The Morgan fingerprint density at radius 2 is 1.84 bits per heavy atom. The molecule has 208 valence electrons. The number of carbonyl (C=O) groups is 5. The van der Waals surface area contributed by atoms with E-state index in [0.29, 0.717) is 30.8 Å². The molecule has 0 bridgehead atoms. The van der Waals surface area contributed by atoms with Gasteiger partial charge >= 0.3 is 12.1 Å². The Kier molecular flexibility index (Phi) is 8.02. The first kappa shape index (κ1) is 28.9. The lowest BCUT2D eigenvalue weighted by Crippen LogP contribution is -2.61. The van der Waals surface area contributed by atoms with Crippen LogP contribution in [0.1, 0.15) is 46.5 Å². The standard InChI is InChI=1S/C22H30ClF4N5O5/c1-20(2,3)13(29-19(37)22(25,26)27)17(35)31-10-21(5-6-21)8-12(31)16(34)30-32(18(36)14(23)24)9-11-4-7-28-15(11)33/h11-14H,4-10H2,1-3H3,(H,28,33)(H,29,37)(H,30,34)/t11-,12-,13?,14?/m0/s1. The summed E-state index contributed by atoms with van der Waals surface area (Å²) >= 11 is 5.29. The number of nitrogens with zero attached hydrogens (tertiary/aromatic N) is 2. The second-order valence-electron chi connectivity index (χ2n) is 11.0. The van der Waals surface area contributed by atoms with Crippen LogP contribution >= 0.6 is 11.6 Å². The molecule has 15 heteroatoms. The summed E-state index contributed by atoms with van der Waals surface area (Å²) in [6.07, 6.45) is -3.37. The lowest BCUT2D eigenvalue weighted by molar-refractivity contribution is -0.176. The molecule has 3 aliphatic rings. The van der Waals surface area contributed by atoms with E-state index in [4.69, 9.17) is 11.6 Å². The highest BCUT2D eigenvalue weighted by atomic mass is 35.5. The molecule has 2 aliphatic heterocycles.